The fraction of sp³-hybridized carbons (Fsp3) is 0.458. The Morgan fingerprint density at radius 3 is 2.85 bits per heavy atom. The first-order valence-electron chi connectivity index (χ1n) is 11.4. The Hall–Kier alpha value is -2.84. The topological polar surface area (TPSA) is 86.4 Å². The number of carbonyl (C=O) groups excluding carboxylic acids is 1. The van der Waals surface area contributed by atoms with E-state index in [0.717, 1.165) is 73.4 Å². The number of hydrogen-bond donors (Lipinski definition) is 2. The molecule has 8 nitrogen and oxygen atoms in total. The molecule has 1 amide bonds. The maximum atomic E-state index is 12.4. The largest absolute Gasteiger partial charge is 0.492 e. The summed E-state index contributed by atoms with van der Waals surface area (Å²) in [5.41, 5.74) is 2.74. The van der Waals surface area contributed by atoms with Gasteiger partial charge in [0.25, 0.3) is 0 Å². The van der Waals surface area contributed by atoms with Gasteiger partial charge in [-0.05, 0) is 57.0 Å². The fourth-order valence-electron chi connectivity index (χ4n) is 4.08. The lowest BCUT2D eigenvalue weighted by molar-refractivity contribution is -0.130. The maximum Gasteiger partial charge on any atom is 0.222 e. The minimum Gasteiger partial charge on any atom is -0.492 e. The molecule has 0 fully saturated rings. The molecule has 0 saturated heterocycles. The van der Waals surface area contributed by atoms with Crippen molar-refractivity contribution >= 4 is 40.0 Å². The van der Waals surface area contributed by atoms with Crippen LogP contribution in [-0.2, 0) is 11.3 Å². The Morgan fingerprint density at radius 1 is 1.09 bits per heavy atom. The van der Waals surface area contributed by atoms with Crippen molar-refractivity contribution in [2.45, 2.75) is 38.6 Å². The Kier molecular flexibility index (Phi) is 7.67. The van der Waals surface area contributed by atoms with Gasteiger partial charge in [-0.15, -0.1) is 0 Å². The number of nitrogens with one attached hydrogen (secondary N) is 2. The van der Waals surface area contributed by atoms with Gasteiger partial charge in [-0.1, -0.05) is 11.6 Å². The number of carbonyl (C=O) groups is 1. The summed E-state index contributed by atoms with van der Waals surface area (Å²) in [7, 11) is 3.98. The van der Waals surface area contributed by atoms with Gasteiger partial charge in [0.05, 0.1) is 17.0 Å². The van der Waals surface area contributed by atoms with E-state index in [1.165, 1.54) is 0 Å². The molecule has 9 heteroatoms. The van der Waals surface area contributed by atoms with Gasteiger partial charge in [0, 0.05) is 44.5 Å². The molecule has 3 heterocycles. The second-order valence-electron chi connectivity index (χ2n) is 8.60. The Balaban J connectivity index is 1.60. The van der Waals surface area contributed by atoms with Gasteiger partial charge >= 0.3 is 0 Å². The summed E-state index contributed by atoms with van der Waals surface area (Å²) in [5, 5.41) is 4.94. The Bertz CT molecular complexity index is 1100. The standard InChI is InChI=1S/C24H31ClN6O2/c1-30-10-6-11-31(2)21(32)7-4-3-5-12-33-20-13-18(8-9-19(20)25)29-24-22-17(15-30)14-26-23(22)27-16-28-24/h8-9,13-14,16H,3-7,10-12,15H2,1-2H3,(H2,26,27,28,29). The lowest BCUT2D eigenvalue weighted by Crippen LogP contribution is -2.30. The highest BCUT2D eigenvalue weighted by Crippen LogP contribution is 2.32. The molecule has 33 heavy (non-hydrogen) atoms. The van der Waals surface area contributed by atoms with E-state index >= 15 is 0 Å². The van der Waals surface area contributed by atoms with E-state index in [1.54, 1.807) is 6.33 Å². The molecule has 2 bridgehead atoms. The van der Waals surface area contributed by atoms with Gasteiger partial charge in [0.1, 0.15) is 23.5 Å². The summed E-state index contributed by atoms with van der Waals surface area (Å²) >= 11 is 6.36. The SMILES string of the molecule is CN1CCCN(C)C(=O)CCCCCOc2cc(ccc2Cl)Nc2ncnc3[nH]cc(c23)C1. The van der Waals surface area contributed by atoms with Crippen molar-refractivity contribution in [3.8, 4) is 5.75 Å². The van der Waals surface area contributed by atoms with Crippen LogP contribution in [0.4, 0.5) is 11.5 Å². The van der Waals surface area contributed by atoms with Crippen LogP contribution in [0.1, 0.15) is 37.7 Å². The van der Waals surface area contributed by atoms with Crippen LogP contribution >= 0.6 is 11.6 Å². The minimum atomic E-state index is 0.202. The van der Waals surface area contributed by atoms with Crippen LogP contribution in [0.5, 0.6) is 5.75 Å². The van der Waals surface area contributed by atoms with Crippen molar-refractivity contribution in [1.82, 2.24) is 24.8 Å². The molecule has 0 aliphatic carbocycles. The summed E-state index contributed by atoms with van der Waals surface area (Å²) in [5.74, 6) is 1.57. The molecule has 3 aromatic rings. The zero-order valence-corrected chi connectivity index (χ0v) is 20.0. The molecule has 2 aromatic heterocycles. The third-order valence-corrected chi connectivity index (χ3v) is 6.25. The van der Waals surface area contributed by atoms with Crippen molar-refractivity contribution in [3.05, 3.63) is 41.3 Å². The molecule has 2 N–H and O–H groups in total. The normalized spacial score (nSPS) is 17.4. The quantitative estimate of drug-likeness (QED) is 0.499. The zero-order valence-electron chi connectivity index (χ0n) is 19.2. The molecule has 0 saturated carbocycles. The number of nitrogens with zero attached hydrogens (tertiary/aromatic N) is 4. The number of fused-ring (bicyclic) bond motifs is 2. The summed E-state index contributed by atoms with van der Waals surface area (Å²) in [6, 6.07) is 5.63. The summed E-state index contributed by atoms with van der Waals surface area (Å²) in [6.45, 7) is 2.94. The number of anilines is 2. The van der Waals surface area contributed by atoms with Crippen molar-refractivity contribution < 1.29 is 9.53 Å². The van der Waals surface area contributed by atoms with Crippen molar-refractivity contribution in [3.63, 3.8) is 0 Å². The highest BCUT2D eigenvalue weighted by Gasteiger charge is 2.15. The highest BCUT2D eigenvalue weighted by molar-refractivity contribution is 6.32. The van der Waals surface area contributed by atoms with Crippen LogP contribution in [0.2, 0.25) is 5.02 Å². The molecule has 176 valence electrons. The maximum absolute atomic E-state index is 12.4. The lowest BCUT2D eigenvalue weighted by atomic mass is 10.2. The van der Waals surface area contributed by atoms with Gasteiger partial charge in [0.15, 0.2) is 0 Å². The first-order chi connectivity index (χ1) is 16.0. The lowest BCUT2D eigenvalue weighted by Gasteiger charge is -2.21. The molecule has 0 radical (unpaired) electrons. The molecular formula is C24H31ClN6O2. The van der Waals surface area contributed by atoms with E-state index in [0.29, 0.717) is 23.8 Å². The number of amides is 1. The number of H-pyrrole nitrogens is 1. The molecule has 1 aromatic carbocycles. The van der Waals surface area contributed by atoms with E-state index in [2.05, 4.69) is 32.2 Å². The monoisotopic (exact) mass is 470 g/mol. The summed E-state index contributed by atoms with van der Waals surface area (Å²) in [6.07, 6.45) is 7.70. The van der Waals surface area contributed by atoms with Crippen molar-refractivity contribution in [2.24, 2.45) is 0 Å². The number of hydrogen-bond acceptors (Lipinski definition) is 6. The fourth-order valence-corrected chi connectivity index (χ4v) is 4.25. The summed E-state index contributed by atoms with van der Waals surface area (Å²) < 4.78 is 5.94. The third-order valence-electron chi connectivity index (χ3n) is 5.94. The number of aromatic amines is 1. The predicted molar refractivity (Wildman–Crippen MR) is 131 cm³/mol. The third kappa shape index (κ3) is 5.94. The first-order valence-corrected chi connectivity index (χ1v) is 11.8. The molecule has 0 spiro atoms. The second-order valence-corrected chi connectivity index (χ2v) is 9.00. The minimum absolute atomic E-state index is 0.202. The number of ether oxygens (including phenoxy) is 1. The number of rotatable bonds is 0. The van der Waals surface area contributed by atoms with Crippen LogP contribution in [0.3, 0.4) is 0 Å². The van der Waals surface area contributed by atoms with Gasteiger partial charge in [-0.3, -0.25) is 4.79 Å². The molecule has 1 aliphatic heterocycles. The molecule has 0 atom stereocenters. The van der Waals surface area contributed by atoms with Crippen LogP contribution < -0.4 is 10.1 Å². The first kappa shape index (κ1) is 23.3. The predicted octanol–water partition coefficient (Wildman–Crippen LogP) is 4.59. The average molecular weight is 471 g/mol. The molecular weight excluding hydrogens is 440 g/mol. The van der Waals surface area contributed by atoms with E-state index in [9.17, 15) is 4.79 Å². The van der Waals surface area contributed by atoms with Crippen LogP contribution in [0.15, 0.2) is 30.7 Å². The van der Waals surface area contributed by atoms with E-state index in [1.807, 2.05) is 36.3 Å². The Labute approximate surface area is 199 Å². The number of benzene rings is 1. The van der Waals surface area contributed by atoms with E-state index in [4.69, 9.17) is 16.3 Å². The zero-order chi connectivity index (χ0) is 23.2. The number of aromatic nitrogens is 3. The van der Waals surface area contributed by atoms with E-state index < -0.39 is 0 Å². The van der Waals surface area contributed by atoms with Gasteiger partial charge in [-0.25, -0.2) is 9.97 Å². The Morgan fingerprint density at radius 2 is 1.97 bits per heavy atom. The van der Waals surface area contributed by atoms with Crippen LogP contribution in [-0.4, -0.2) is 64.5 Å². The van der Waals surface area contributed by atoms with Gasteiger partial charge in [-0.2, -0.15) is 0 Å². The van der Waals surface area contributed by atoms with Crippen LogP contribution in [0.25, 0.3) is 11.0 Å². The average Bonchev–Trinajstić information content (AvgIpc) is 3.20. The van der Waals surface area contributed by atoms with Crippen molar-refractivity contribution in [1.29, 1.82) is 0 Å². The highest BCUT2D eigenvalue weighted by atomic mass is 35.5. The van der Waals surface area contributed by atoms with E-state index in [-0.39, 0.29) is 5.91 Å². The smallest absolute Gasteiger partial charge is 0.222 e. The molecule has 1 aliphatic rings. The second kappa shape index (κ2) is 10.9. The van der Waals surface area contributed by atoms with Crippen molar-refractivity contribution in [2.75, 3.05) is 39.1 Å². The van der Waals surface area contributed by atoms with Crippen LogP contribution in [0, 0.1) is 0 Å². The van der Waals surface area contributed by atoms with Gasteiger partial charge < -0.3 is 24.8 Å². The number of halogens is 1. The molecule has 0 unspecified atom stereocenters. The summed E-state index contributed by atoms with van der Waals surface area (Å²) in [4.78, 5) is 28.6. The molecule has 4 rings (SSSR count). The van der Waals surface area contributed by atoms with Gasteiger partial charge in [0.2, 0.25) is 5.91 Å².